The Morgan fingerprint density at radius 3 is 1.15 bits per heavy atom. The molecule has 2 aromatic carbocycles. The number of para-hydroxylation sites is 2. The Kier molecular flexibility index (Phi) is 8.16. The van der Waals surface area contributed by atoms with Crippen molar-refractivity contribution in [2.75, 3.05) is 0 Å². The second-order valence-corrected chi connectivity index (χ2v) is 11.0. The number of benzene rings is 2. The summed E-state index contributed by atoms with van der Waals surface area (Å²) >= 11 is 12.5. The van der Waals surface area contributed by atoms with Gasteiger partial charge in [-0.25, -0.2) is 0 Å². The Labute approximate surface area is 208 Å². The molecule has 6 heteroatoms. The van der Waals surface area contributed by atoms with Crippen LogP contribution in [-0.2, 0) is 0 Å². The van der Waals surface area contributed by atoms with Crippen LogP contribution in [0.25, 0.3) is 11.4 Å². The maximum atomic E-state index is 6.27. The molecule has 0 fully saturated rings. The molecule has 0 bridgehead atoms. The maximum absolute atomic E-state index is 6.27. The molecule has 33 heavy (non-hydrogen) atoms. The van der Waals surface area contributed by atoms with E-state index in [2.05, 4.69) is 113 Å². The smallest absolute Gasteiger partial charge is 0.405 e. The summed E-state index contributed by atoms with van der Waals surface area (Å²) < 4.78 is 9.07. The summed E-state index contributed by atoms with van der Waals surface area (Å²) in [5, 5.41) is -0.868. The first-order valence-electron chi connectivity index (χ1n) is 11.9. The Bertz CT molecular complexity index is 1100. The molecule has 0 aliphatic rings. The van der Waals surface area contributed by atoms with Gasteiger partial charge in [-0.05, 0) is 45.9 Å². The van der Waals surface area contributed by atoms with Crippen molar-refractivity contribution < 1.29 is 0 Å². The third-order valence-corrected chi connectivity index (χ3v) is 6.37. The summed E-state index contributed by atoms with van der Waals surface area (Å²) in [5.41, 5.74) is 8.19. The third kappa shape index (κ3) is 5.24. The van der Waals surface area contributed by atoms with Crippen LogP contribution in [0.3, 0.4) is 0 Å². The highest BCUT2D eigenvalue weighted by atomic mass is 35.5. The summed E-state index contributed by atoms with van der Waals surface area (Å²) in [6.45, 7) is 17.8. The van der Waals surface area contributed by atoms with E-state index in [-0.39, 0.29) is 0 Å². The molecule has 0 aliphatic heterocycles. The van der Waals surface area contributed by atoms with E-state index in [1.807, 2.05) is 0 Å². The van der Waals surface area contributed by atoms with Crippen LogP contribution in [0.4, 0.5) is 0 Å². The van der Waals surface area contributed by atoms with E-state index >= 15 is 0 Å². The number of hydrogen-bond donors (Lipinski definition) is 0. The number of halogens is 2. The molecule has 0 saturated heterocycles. The second-order valence-electron chi connectivity index (χ2n) is 9.93. The minimum absolute atomic E-state index is 0.361. The lowest BCUT2D eigenvalue weighted by atomic mass is 9.92. The fourth-order valence-corrected chi connectivity index (χ4v) is 4.70. The van der Waals surface area contributed by atoms with Crippen molar-refractivity contribution in [3.05, 3.63) is 76.7 Å². The van der Waals surface area contributed by atoms with Crippen molar-refractivity contribution in [1.82, 2.24) is 13.7 Å². The van der Waals surface area contributed by atoms with Gasteiger partial charge in [0.25, 0.3) is 0 Å². The highest BCUT2D eigenvalue weighted by Crippen LogP contribution is 2.32. The first-order valence-corrected chi connectivity index (χ1v) is 12.8. The lowest BCUT2D eigenvalue weighted by molar-refractivity contribution is 0.761. The molecule has 1 aromatic heterocycles. The zero-order chi connectivity index (χ0) is 24.4. The van der Waals surface area contributed by atoms with Crippen LogP contribution in [0.2, 0.25) is 0 Å². The molecule has 1 heterocycles. The van der Waals surface area contributed by atoms with Crippen LogP contribution in [0.5, 0.6) is 0 Å². The van der Waals surface area contributed by atoms with Crippen LogP contribution in [0.1, 0.15) is 101 Å². The molecule has 0 radical (unpaired) electrons. The largest absolute Gasteiger partial charge is 0.498 e. The summed E-state index contributed by atoms with van der Waals surface area (Å²) in [6, 6.07) is 13.1. The Hall–Kier alpha value is -2.00. The molecule has 0 unspecified atom stereocenters. The third-order valence-electron chi connectivity index (χ3n) is 6.18. The number of rotatable bonds is 6. The average molecular weight is 484 g/mol. The quantitative estimate of drug-likeness (QED) is 0.256. The minimum Gasteiger partial charge on any atom is -0.498 e. The van der Waals surface area contributed by atoms with Crippen LogP contribution >= 0.6 is 22.9 Å². The van der Waals surface area contributed by atoms with Crippen LogP contribution in [0, 0.1) is 0 Å². The van der Waals surface area contributed by atoms with E-state index in [9.17, 15) is 0 Å². The van der Waals surface area contributed by atoms with Crippen molar-refractivity contribution in [1.29, 1.82) is 0 Å². The summed E-state index contributed by atoms with van der Waals surface area (Å²) in [4.78, 5) is 0. The standard InChI is InChI=1S/C27H36BCl2N3/c1-17(2)21-11-9-12-22(18(3)4)25(21)32-15-16-33(27(32)31-28(29)30)26-23(19(5)6)13-10-14-24(26)20(7)8/h9-20H,1-8H3. The summed E-state index contributed by atoms with van der Waals surface area (Å²) in [5.74, 6) is 1.44. The van der Waals surface area contributed by atoms with Gasteiger partial charge in [-0.1, -0.05) is 91.8 Å². The molecule has 0 atom stereocenters. The van der Waals surface area contributed by atoms with Gasteiger partial charge in [0, 0.05) is 0 Å². The van der Waals surface area contributed by atoms with E-state index in [4.69, 9.17) is 27.5 Å². The number of imidazole rings is 1. The van der Waals surface area contributed by atoms with Crippen LogP contribution in [0.15, 0.2) is 48.8 Å². The Morgan fingerprint density at radius 2 is 0.909 bits per heavy atom. The first-order chi connectivity index (χ1) is 15.5. The van der Waals surface area contributed by atoms with Crippen molar-refractivity contribution in [3.8, 4) is 11.4 Å². The van der Waals surface area contributed by atoms with Crippen molar-refractivity contribution in [2.24, 2.45) is 0 Å². The lowest BCUT2D eigenvalue weighted by Gasteiger charge is -2.18. The zero-order valence-corrected chi connectivity index (χ0v) is 22.6. The van der Waals surface area contributed by atoms with E-state index in [1.165, 1.54) is 33.6 Å². The SMILES string of the molecule is CC(C)c1cccc(C(C)C)c1-n1ccn(-c2c(C(C)C)cccc2C(C)C)c1=[N+]=[B-](Cl)Cl. The minimum atomic E-state index is -0.868. The normalized spacial score (nSPS) is 11.7. The number of nitrogens with zero attached hydrogens (tertiary/aromatic N) is 3. The van der Waals surface area contributed by atoms with E-state index in [0.29, 0.717) is 23.7 Å². The van der Waals surface area contributed by atoms with E-state index in [0.717, 1.165) is 5.62 Å². The van der Waals surface area contributed by atoms with E-state index < -0.39 is 5.34 Å². The molecule has 0 spiro atoms. The van der Waals surface area contributed by atoms with Gasteiger partial charge in [-0.3, -0.25) is 0 Å². The van der Waals surface area contributed by atoms with Gasteiger partial charge in [0.15, 0.2) is 0 Å². The highest BCUT2D eigenvalue weighted by Gasteiger charge is 2.25. The van der Waals surface area contributed by atoms with Gasteiger partial charge in [0.2, 0.25) is 0 Å². The molecule has 0 N–H and O–H groups in total. The summed E-state index contributed by atoms with van der Waals surface area (Å²) in [7, 11) is 0. The van der Waals surface area contributed by atoms with Gasteiger partial charge in [-0.2, -0.15) is 9.13 Å². The van der Waals surface area contributed by atoms with Crippen LogP contribution < -0.4 is 10.2 Å². The Morgan fingerprint density at radius 1 is 0.606 bits per heavy atom. The summed E-state index contributed by atoms with van der Waals surface area (Å²) in [6.07, 6.45) is 4.20. The van der Waals surface area contributed by atoms with E-state index in [1.54, 1.807) is 0 Å². The predicted molar refractivity (Wildman–Crippen MR) is 144 cm³/mol. The van der Waals surface area contributed by atoms with Gasteiger partial charge in [0.05, 0.1) is 0 Å². The van der Waals surface area contributed by atoms with Gasteiger partial charge in [-0.15, -0.1) is 0 Å². The van der Waals surface area contributed by atoms with Crippen molar-refractivity contribution in [3.63, 3.8) is 0 Å². The second kappa shape index (κ2) is 10.5. The molecular weight excluding hydrogens is 448 g/mol. The molecule has 0 amide bonds. The van der Waals surface area contributed by atoms with Gasteiger partial charge < -0.3 is 27.5 Å². The monoisotopic (exact) mass is 483 g/mol. The molecule has 3 aromatic rings. The Balaban J connectivity index is 2.52. The highest BCUT2D eigenvalue weighted by molar-refractivity contribution is 7.27. The van der Waals surface area contributed by atoms with Crippen molar-refractivity contribution in [2.45, 2.75) is 79.1 Å². The molecule has 0 saturated carbocycles. The topological polar surface area (TPSA) is 24.0 Å². The molecule has 3 nitrogen and oxygen atoms in total. The fraction of sp³-hybridized carbons (Fsp3) is 0.444. The molecule has 176 valence electrons. The number of aromatic nitrogens is 2. The average Bonchev–Trinajstić information content (AvgIpc) is 3.14. The zero-order valence-electron chi connectivity index (χ0n) is 21.1. The van der Waals surface area contributed by atoms with Crippen LogP contribution in [-0.4, -0.2) is 14.5 Å². The predicted octanol–water partition coefficient (Wildman–Crippen LogP) is 7.46. The maximum Gasteiger partial charge on any atom is 0.405 e. The lowest BCUT2D eigenvalue weighted by Crippen LogP contribution is -2.30. The van der Waals surface area contributed by atoms with Crippen molar-refractivity contribution >= 4 is 28.3 Å². The van der Waals surface area contributed by atoms with Gasteiger partial charge in [0.1, 0.15) is 23.8 Å². The fourth-order valence-electron chi connectivity index (χ4n) is 4.52. The number of hydrogen-bond acceptors (Lipinski definition) is 0. The molecule has 0 aliphatic carbocycles. The first kappa shape index (κ1) is 25.6. The van der Waals surface area contributed by atoms with Gasteiger partial charge >= 0.3 is 11.0 Å². The molecule has 3 rings (SSSR count). The molecular formula is C27H36BCl2N3.